The van der Waals surface area contributed by atoms with Crippen LogP contribution in [0, 0.1) is 0 Å². The van der Waals surface area contributed by atoms with Crippen molar-refractivity contribution in [3.05, 3.63) is 35.9 Å². The molecule has 0 aliphatic rings. The molecule has 0 fully saturated rings. The average molecular weight is 260 g/mol. The van der Waals surface area contributed by atoms with Gasteiger partial charge in [0.1, 0.15) is 0 Å². The number of nitrogens with one attached hydrogen (secondary N) is 1. The lowest BCUT2D eigenvalue weighted by Crippen LogP contribution is -1.83. The number of H-pyrrole nitrogens is 1. The highest BCUT2D eigenvalue weighted by Gasteiger charge is 2.00. The summed E-state index contributed by atoms with van der Waals surface area (Å²) in [4.78, 5) is 10.7. The molecular weight excluding hydrogens is 248 g/mol. The van der Waals surface area contributed by atoms with Crippen LogP contribution in [0.2, 0.25) is 0 Å². The van der Waals surface area contributed by atoms with E-state index in [0.29, 0.717) is 11.6 Å². The standard InChI is InChI=1S/C12H12N4OS/c1-9(17)18-8-2-3-10-4-6-11(7-5-10)12-13-15-16-14-12/h2-7H,8H2,1H3,(H,13,14,15,16). The third-order valence-corrected chi connectivity index (χ3v) is 2.97. The molecule has 0 aliphatic heterocycles. The molecule has 0 aliphatic carbocycles. The van der Waals surface area contributed by atoms with E-state index >= 15 is 0 Å². The van der Waals surface area contributed by atoms with E-state index in [2.05, 4.69) is 20.6 Å². The van der Waals surface area contributed by atoms with Crippen molar-refractivity contribution in [3.8, 4) is 11.4 Å². The van der Waals surface area contributed by atoms with Crippen LogP contribution in [-0.4, -0.2) is 31.5 Å². The van der Waals surface area contributed by atoms with Crippen molar-refractivity contribution in [1.82, 2.24) is 20.6 Å². The molecule has 18 heavy (non-hydrogen) atoms. The van der Waals surface area contributed by atoms with Crippen LogP contribution < -0.4 is 0 Å². The van der Waals surface area contributed by atoms with Crippen LogP contribution in [-0.2, 0) is 4.79 Å². The maximum atomic E-state index is 10.7. The highest BCUT2D eigenvalue weighted by Crippen LogP contribution is 2.15. The van der Waals surface area contributed by atoms with Crippen LogP contribution in [0.3, 0.4) is 0 Å². The zero-order valence-corrected chi connectivity index (χ0v) is 10.6. The van der Waals surface area contributed by atoms with E-state index < -0.39 is 0 Å². The number of tetrazole rings is 1. The van der Waals surface area contributed by atoms with Crippen LogP contribution >= 0.6 is 11.8 Å². The Kier molecular flexibility index (Phi) is 4.25. The van der Waals surface area contributed by atoms with Crippen LogP contribution in [0.5, 0.6) is 0 Å². The van der Waals surface area contributed by atoms with Gasteiger partial charge in [-0.1, -0.05) is 48.2 Å². The Morgan fingerprint density at radius 1 is 1.39 bits per heavy atom. The number of hydrogen-bond acceptors (Lipinski definition) is 5. The molecule has 1 heterocycles. The van der Waals surface area contributed by atoms with E-state index in [4.69, 9.17) is 0 Å². The highest BCUT2D eigenvalue weighted by atomic mass is 32.2. The van der Waals surface area contributed by atoms with Gasteiger partial charge in [-0.05, 0) is 10.8 Å². The molecule has 1 aromatic carbocycles. The van der Waals surface area contributed by atoms with Gasteiger partial charge in [0.2, 0.25) is 5.82 Å². The first-order valence-corrected chi connectivity index (χ1v) is 6.38. The number of hydrogen-bond donors (Lipinski definition) is 1. The van der Waals surface area contributed by atoms with Crippen molar-refractivity contribution >= 4 is 23.0 Å². The number of thioether (sulfide) groups is 1. The lowest BCUT2D eigenvalue weighted by Gasteiger charge is -1.96. The number of carbonyl (C=O) groups is 1. The summed E-state index contributed by atoms with van der Waals surface area (Å²) in [5.74, 6) is 1.28. The highest BCUT2D eigenvalue weighted by molar-refractivity contribution is 8.13. The lowest BCUT2D eigenvalue weighted by atomic mass is 10.1. The molecule has 2 aromatic rings. The lowest BCUT2D eigenvalue weighted by molar-refractivity contribution is -0.109. The first-order valence-electron chi connectivity index (χ1n) is 5.39. The monoisotopic (exact) mass is 260 g/mol. The summed E-state index contributed by atoms with van der Waals surface area (Å²) in [5.41, 5.74) is 1.99. The summed E-state index contributed by atoms with van der Waals surface area (Å²) in [6, 6.07) is 7.81. The van der Waals surface area contributed by atoms with Gasteiger partial charge >= 0.3 is 0 Å². The quantitative estimate of drug-likeness (QED) is 0.912. The van der Waals surface area contributed by atoms with Crippen LogP contribution in [0.15, 0.2) is 30.3 Å². The van der Waals surface area contributed by atoms with Gasteiger partial charge in [0.15, 0.2) is 5.12 Å². The van der Waals surface area contributed by atoms with Gasteiger partial charge in [-0.3, -0.25) is 4.79 Å². The van der Waals surface area contributed by atoms with Crippen molar-refractivity contribution < 1.29 is 4.79 Å². The summed E-state index contributed by atoms with van der Waals surface area (Å²) in [6.45, 7) is 1.57. The molecule has 0 amide bonds. The van der Waals surface area contributed by atoms with E-state index in [1.165, 1.54) is 11.8 Å². The summed E-state index contributed by atoms with van der Waals surface area (Å²) in [5, 5.41) is 13.9. The van der Waals surface area contributed by atoms with Gasteiger partial charge in [-0.25, -0.2) is 0 Å². The number of aromatic nitrogens is 4. The minimum Gasteiger partial charge on any atom is -0.288 e. The van der Waals surface area contributed by atoms with Gasteiger partial charge in [-0.15, -0.1) is 10.2 Å². The van der Waals surface area contributed by atoms with Crippen molar-refractivity contribution in [1.29, 1.82) is 0 Å². The largest absolute Gasteiger partial charge is 0.288 e. The Balaban J connectivity index is 1.98. The topological polar surface area (TPSA) is 71.5 Å². The van der Waals surface area contributed by atoms with E-state index in [0.717, 1.165) is 11.1 Å². The Morgan fingerprint density at radius 2 is 2.17 bits per heavy atom. The maximum absolute atomic E-state index is 10.7. The number of carbonyl (C=O) groups excluding carboxylic acids is 1. The molecule has 1 aromatic heterocycles. The first-order chi connectivity index (χ1) is 8.75. The summed E-state index contributed by atoms with van der Waals surface area (Å²) in [7, 11) is 0. The Bertz CT molecular complexity index is 534. The molecule has 92 valence electrons. The molecule has 0 unspecified atom stereocenters. The smallest absolute Gasteiger partial charge is 0.204 e. The second kappa shape index (κ2) is 6.11. The van der Waals surface area contributed by atoms with Crippen LogP contribution in [0.25, 0.3) is 17.5 Å². The Hall–Kier alpha value is -1.95. The number of benzene rings is 1. The molecule has 1 N–H and O–H groups in total. The SMILES string of the molecule is CC(=O)SCC=Cc1ccc(-c2nn[nH]n2)cc1. The second-order valence-corrected chi connectivity index (χ2v) is 4.76. The molecule has 6 heteroatoms. The number of nitrogens with zero attached hydrogens (tertiary/aromatic N) is 3. The van der Waals surface area contributed by atoms with E-state index in [1.54, 1.807) is 6.92 Å². The van der Waals surface area contributed by atoms with Crippen molar-refractivity contribution in [2.24, 2.45) is 0 Å². The normalized spacial score (nSPS) is 10.9. The summed E-state index contributed by atoms with van der Waals surface area (Å²) >= 11 is 1.29. The molecule has 0 radical (unpaired) electrons. The second-order valence-electron chi connectivity index (χ2n) is 3.56. The molecule has 0 saturated heterocycles. The van der Waals surface area contributed by atoms with E-state index in [9.17, 15) is 4.79 Å². The Labute approximate surface area is 109 Å². The average Bonchev–Trinajstić information content (AvgIpc) is 2.89. The molecule has 0 spiro atoms. The zero-order valence-electron chi connectivity index (χ0n) is 9.83. The van der Waals surface area contributed by atoms with Gasteiger partial charge in [-0.2, -0.15) is 5.21 Å². The van der Waals surface area contributed by atoms with Crippen molar-refractivity contribution in [3.63, 3.8) is 0 Å². The van der Waals surface area contributed by atoms with Gasteiger partial charge in [0.25, 0.3) is 0 Å². The third kappa shape index (κ3) is 3.53. The van der Waals surface area contributed by atoms with Gasteiger partial charge < -0.3 is 0 Å². The van der Waals surface area contributed by atoms with E-state index in [-0.39, 0.29) is 5.12 Å². The number of rotatable bonds is 4. The summed E-state index contributed by atoms with van der Waals surface area (Å²) in [6.07, 6.45) is 3.95. The molecule has 0 saturated carbocycles. The fourth-order valence-corrected chi connectivity index (χ4v) is 1.80. The fraction of sp³-hybridized carbons (Fsp3) is 0.167. The van der Waals surface area contributed by atoms with Crippen LogP contribution in [0.4, 0.5) is 0 Å². The molecule has 0 bridgehead atoms. The predicted molar refractivity (Wildman–Crippen MR) is 71.8 cm³/mol. The minimum atomic E-state index is 0.132. The maximum Gasteiger partial charge on any atom is 0.204 e. The van der Waals surface area contributed by atoms with Crippen LogP contribution in [0.1, 0.15) is 12.5 Å². The van der Waals surface area contributed by atoms with Crippen molar-refractivity contribution in [2.45, 2.75) is 6.92 Å². The molecular formula is C12H12N4OS. The van der Waals surface area contributed by atoms with Gasteiger partial charge in [0.05, 0.1) is 0 Å². The first kappa shape index (κ1) is 12.5. The molecule has 5 nitrogen and oxygen atoms in total. The molecule has 0 atom stereocenters. The third-order valence-electron chi connectivity index (χ3n) is 2.21. The van der Waals surface area contributed by atoms with Crippen molar-refractivity contribution in [2.75, 3.05) is 5.75 Å². The number of aromatic amines is 1. The Morgan fingerprint density at radius 3 is 2.78 bits per heavy atom. The fourth-order valence-electron chi connectivity index (χ4n) is 1.38. The predicted octanol–water partition coefficient (Wildman–Crippen LogP) is 2.16. The van der Waals surface area contributed by atoms with Gasteiger partial charge in [0, 0.05) is 18.2 Å². The zero-order chi connectivity index (χ0) is 12.8. The molecule has 2 rings (SSSR count). The minimum absolute atomic E-state index is 0.132. The summed E-state index contributed by atoms with van der Waals surface area (Å²) < 4.78 is 0. The van der Waals surface area contributed by atoms with E-state index in [1.807, 2.05) is 36.4 Å².